The van der Waals surface area contributed by atoms with Crippen LogP contribution in [0.15, 0.2) is 36.9 Å². The van der Waals surface area contributed by atoms with Crippen LogP contribution in [0.1, 0.15) is 19.4 Å². The van der Waals surface area contributed by atoms with Gasteiger partial charge in [-0.25, -0.2) is 9.67 Å². The van der Waals surface area contributed by atoms with Gasteiger partial charge in [0.1, 0.15) is 18.3 Å². The van der Waals surface area contributed by atoms with E-state index >= 15 is 0 Å². The fraction of sp³-hybridized carbons (Fsp3) is 0.429. The van der Waals surface area contributed by atoms with E-state index in [0.29, 0.717) is 12.5 Å². The summed E-state index contributed by atoms with van der Waals surface area (Å²) in [6, 6.07) is 7.86. The van der Waals surface area contributed by atoms with Gasteiger partial charge in [-0.05, 0) is 24.6 Å². The van der Waals surface area contributed by atoms with Gasteiger partial charge >= 0.3 is 0 Å². The first-order valence-corrected chi connectivity index (χ1v) is 6.76. The molecule has 0 spiro atoms. The second-order valence-corrected chi connectivity index (χ2v) is 5.54. The highest BCUT2D eigenvalue weighted by Gasteiger charge is 2.52. The molecular weight excluding hydrogens is 262 g/mol. The van der Waals surface area contributed by atoms with Crippen LogP contribution in [0.25, 0.3) is 0 Å². The van der Waals surface area contributed by atoms with Crippen LogP contribution in [0.2, 0.25) is 5.02 Å². The fourth-order valence-electron chi connectivity index (χ4n) is 2.74. The maximum Gasteiger partial charge on any atom is 0.137 e. The zero-order valence-corrected chi connectivity index (χ0v) is 11.7. The van der Waals surface area contributed by atoms with Crippen LogP contribution in [-0.2, 0) is 16.9 Å². The molecule has 0 saturated carbocycles. The lowest BCUT2D eigenvalue weighted by Crippen LogP contribution is -2.57. The molecule has 0 aliphatic carbocycles. The van der Waals surface area contributed by atoms with Crippen molar-refractivity contribution in [2.75, 3.05) is 0 Å². The average Bonchev–Trinajstić information content (AvgIpc) is 2.91. The Labute approximate surface area is 117 Å². The van der Waals surface area contributed by atoms with E-state index in [-0.39, 0.29) is 11.7 Å². The molecule has 1 fully saturated rings. The highest BCUT2D eigenvalue weighted by molar-refractivity contribution is 6.30. The SMILES string of the molecule is CC1O[C@@](Cn2cncn2)(c2ccc(Cl)cc2)C1C. The van der Waals surface area contributed by atoms with E-state index in [9.17, 15) is 0 Å². The van der Waals surface area contributed by atoms with Crippen molar-refractivity contribution >= 4 is 11.6 Å². The molecule has 5 heteroatoms. The van der Waals surface area contributed by atoms with E-state index in [1.54, 1.807) is 12.7 Å². The first-order valence-electron chi connectivity index (χ1n) is 6.38. The van der Waals surface area contributed by atoms with E-state index < -0.39 is 0 Å². The molecule has 0 amide bonds. The summed E-state index contributed by atoms with van der Waals surface area (Å²) in [5, 5.41) is 4.92. The fourth-order valence-corrected chi connectivity index (χ4v) is 2.86. The first-order chi connectivity index (χ1) is 9.12. The lowest BCUT2D eigenvalue weighted by atomic mass is 9.74. The van der Waals surface area contributed by atoms with Crippen molar-refractivity contribution in [2.24, 2.45) is 5.92 Å². The second kappa shape index (κ2) is 4.62. The molecule has 0 bridgehead atoms. The van der Waals surface area contributed by atoms with Crippen LogP contribution >= 0.6 is 11.6 Å². The van der Waals surface area contributed by atoms with Gasteiger partial charge in [0.15, 0.2) is 0 Å². The van der Waals surface area contributed by atoms with E-state index in [1.165, 1.54) is 0 Å². The van der Waals surface area contributed by atoms with Gasteiger partial charge in [-0.15, -0.1) is 0 Å². The van der Waals surface area contributed by atoms with Crippen LogP contribution in [0.4, 0.5) is 0 Å². The number of rotatable bonds is 3. The number of benzene rings is 1. The summed E-state index contributed by atoms with van der Waals surface area (Å²) in [4.78, 5) is 3.99. The second-order valence-electron chi connectivity index (χ2n) is 5.10. The summed E-state index contributed by atoms with van der Waals surface area (Å²) < 4.78 is 7.92. The molecule has 19 heavy (non-hydrogen) atoms. The van der Waals surface area contributed by atoms with Crippen molar-refractivity contribution in [1.82, 2.24) is 14.8 Å². The van der Waals surface area contributed by atoms with Crippen molar-refractivity contribution < 1.29 is 4.74 Å². The van der Waals surface area contributed by atoms with Crippen LogP contribution in [0.5, 0.6) is 0 Å². The Morgan fingerprint density at radius 2 is 2.05 bits per heavy atom. The Bertz CT molecular complexity index is 555. The third-order valence-electron chi connectivity index (χ3n) is 4.03. The number of nitrogens with zero attached hydrogens (tertiary/aromatic N) is 3. The third-order valence-corrected chi connectivity index (χ3v) is 4.28. The van der Waals surface area contributed by atoms with Gasteiger partial charge in [-0.3, -0.25) is 0 Å². The van der Waals surface area contributed by atoms with Crippen molar-refractivity contribution in [3.05, 3.63) is 47.5 Å². The maximum atomic E-state index is 6.11. The smallest absolute Gasteiger partial charge is 0.137 e. The number of halogens is 1. The van der Waals surface area contributed by atoms with Gasteiger partial charge in [0.05, 0.1) is 12.6 Å². The minimum Gasteiger partial charge on any atom is -0.365 e. The minimum atomic E-state index is -0.336. The molecule has 2 unspecified atom stereocenters. The third kappa shape index (κ3) is 2.05. The van der Waals surface area contributed by atoms with Gasteiger partial charge < -0.3 is 4.74 Å². The largest absolute Gasteiger partial charge is 0.365 e. The standard InChI is InChI=1S/C14H16ClN3O/c1-10-11(2)19-14(10,7-18-9-16-8-17-18)12-3-5-13(15)6-4-12/h3-6,8-11H,7H2,1-2H3/t10?,11?,14-/m1/s1. The summed E-state index contributed by atoms with van der Waals surface area (Å²) in [6.45, 7) is 4.97. The minimum absolute atomic E-state index is 0.249. The van der Waals surface area contributed by atoms with E-state index in [4.69, 9.17) is 16.3 Å². The van der Waals surface area contributed by atoms with E-state index in [0.717, 1.165) is 10.6 Å². The predicted molar refractivity (Wildman–Crippen MR) is 72.9 cm³/mol. The lowest BCUT2D eigenvalue weighted by molar-refractivity contribution is -0.263. The zero-order valence-electron chi connectivity index (χ0n) is 11.0. The molecule has 0 radical (unpaired) electrons. The van der Waals surface area contributed by atoms with Gasteiger partial charge in [0, 0.05) is 10.9 Å². The van der Waals surface area contributed by atoms with Gasteiger partial charge in [-0.2, -0.15) is 5.10 Å². The Morgan fingerprint density at radius 1 is 1.32 bits per heavy atom. The molecule has 1 aromatic carbocycles. The van der Waals surface area contributed by atoms with Crippen LogP contribution < -0.4 is 0 Å². The molecule has 1 aliphatic heterocycles. The van der Waals surface area contributed by atoms with Crippen molar-refractivity contribution in [2.45, 2.75) is 32.1 Å². The molecule has 3 atom stereocenters. The molecule has 100 valence electrons. The number of hydrogen-bond donors (Lipinski definition) is 0. The number of aromatic nitrogens is 3. The van der Waals surface area contributed by atoms with Crippen LogP contribution in [0, 0.1) is 5.92 Å². The zero-order chi connectivity index (χ0) is 13.5. The Hall–Kier alpha value is -1.39. The lowest BCUT2D eigenvalue weighted by Gasteiger charge is -2.53. The Morgan fingerprint density at radius 3 is 2.58 bits per heavy atom. The molecule has 1 aliphatic rings. The van der Waals surface area contributed by atoms with Crippen molar-refractivity contribution in [3.63, 3.8) is 0 Å². The Balaban J connectivity index is 1.96. The quantitative estimate of drug-likeness (QED) is 0.866. The number of hydrogen-bond acceptors (Lipinski definition) is 3. The summed E-state index contributed by atoms with van der Waals surface area (Å²) in [6.07, 6.45) is 3.51. The predicted octanol–water partition coefficient (Wildman–Crippen LogP) is 2.88. The normalized spacial score (nSPS) is 30.1. The summed E-state index contributed by atoms with van der Waals surface area (Å²) in [5.41, 5.74) is 0.801. The van der Waals surface area contributed by atoms with Gasteiger partial charge in [-0.1, -0.05) is 30.7 Å². The summed E-state index contributed by atoms with van der Waals surface area (Å²) >= 11 is 5.96. The van der Waals surface area contributed by atoms with E-state index in [2.05, 4.69) is 23.9 Å². The van der Waals surface area contributed by atoms with Gasteiger partial charge in [0.25, 0.3) is 0 Å². The molecule has 0 N–H and O–H groups in total. The molecule has 4 nitrogen and oxygen atoms in total. The molecule has 2 aromatic rings. The number of ether oxygens (including phenoxy) is 1. The van der Waals surface area contributed by atoms with Crippen LogP contribution in [-0.4, -0.2) is 20.9 Å². The highest BCUT2D eigenvalue weighted by Crippen LogP contribution is 2.48. The average molecular weight is 278 g/mol. The maximum absolute atomic E-state index is 6.11. The summed E-state index contributed by atoms with van der Waals surface area (Å²) in [5.74, 6) is 0.415. The molecule has 1 aromatic heterocycles. The Kier molecular flexibility index (Phi) is 3.07. The molecular formula is C14H16ClN3O. The summed E-state index contributed by atoms with van der Waals surface area (Å²) in [7, 11) is 0. The van der Waals surface area contributed by atoms with E-state index in [1.807, 2.05) is 28.9 Å². The van der Waals surface area contributed by atoms with Gasteiger partial charge in [0.2, 0.25) is 0 Å². The molecule has 3 rings (SSSR count). The topological polar surface area (TPSA) is 39.9 Å². The van der Waals surface area contributed by atoms with Crippen molar-refractivity contribution in [1.29, 1.82) is 0 Å². The van der Waals surface area contributed by atoms with Crippen molar-refractivity contribution in [3.8, 4) is 0 Å². The van der Waals surface area contributed by atoms with Crippen LogP contribution in [0.3, 0.4) is 0 Å². The first kappa shape index (κ1) is 12.6. The monoisotopic (exact) mass is 277 g/mol. The highest BCUT2D eigenvalue weighted by atomic mass is 35.5. The molecule has 1 saturated heterocycles. The molecule has 2 heterocycles.